The topological polar surface area (TPSA) is 28.2 Å². The maximum Gasteiger partial charge on any atom is 0.0703 e. The third-order valence-corrected chi connectivity index (χ3v) is 4.32. The number of piperazine rings is 1. The van der Waals surface area contributed by atoms with Crippen LogP contribution in [-0.4, -0.2) is 30.2 Å². The van der Waals surface area contributed by atoms with Crippen LogP contribution < -0.4 is 10.2 Å². The third kappa shape index (κ3) is 2.50. The van der Waals surface area contributed by atoms with Gasteiger partial charge in [0.25, 0.3) is 0 Å². The number of nitrogens with one attached hydrogen (secondary N) is 1. The van der Waals surface area contributed by atoms with E-state index < -0.39 is 0 Å². The van der Waals surface area contributed by atoms with Crippen LogP contribution in [-0.2, 0) is 0 Å². The van der Waals surface area contributed by atoms with Gasteiger partial charge in [0.1, 0.15) is 0 Å². The Morgan fingerprint density at radius 3 is 2.95 bits per heavy atom. The quantitative estimate of drug-likeness (QED) is 0.908. The summed E-state index contributed by atoms with van der Waals surface area (Å²) in [6, 6.07) is 11.8. The van der Waals surface area contributed by atoms with Gasteiger partial charge in [-0.25, -0.2) is 0 Å². The van der Waals surface area contributed by atoms with Crippen LogP contribution in [0.2, 0.25) is 0 Å². The second-order valence-electron chi connectivity index (χ2n) is 6.14. The smallest absolute Gasteiger partial charge is 0.0703 e. The summed E-state index contributed by atoms with van der Waals surface area (Å²) in [5.41, 5.74) is 2.38. The van der Waals surface area contributed by atoms with Crippen molar-refractivity contribution < 1.29 is 0 Å². The van der Waals surface area contributed by atoms with Gasteiger partial charge in [0, 0.05) is 42.4 Å². The molecule has 0 spiro atoms. The van der Waals surface area contributed by atoms with Crippen LogP contribution in [0, 0.1) is 5.92 Å². The fourth-order valence-corrected chi connectivity index (χ4v) is 2.94. The molecular weight excluding hydrogens is 246 g/mol. The van der Waals surface area contributed by atoms with E-state index in [0.29, 0.717) is 18.0 Å². The number of pyridine rings is 1. The van der Waals surface area contributed by atoms with Crippen LogP contribution in [0.5, 0.6) is 0 Å². The highest BCUT2D eigenvalue weighted by atomic mass is 15.2. The van der Waals surface area contributed by atoms with Crippen molar-refractivity contribution in [3.63, 3.8) is 0 Å². The van der Waals surface area contributed by atoms with Crippen molar-refractivity contribution in [2.45, 2.75) is 32.9 Å². The van der Waals surface area contributed by atoms with Crippen LogP contribution in [0.3, 0.4) is 0 Å². The second kappa shape index (κ2) is 5.41. The van der Waals surface area contributed by atoms with E-state index >= 15 is 0 Å². The first-order valence-electron chi connectivity index (χ1n) is 7.50. The molecule has 2 unspecified atom stereocenters. The Morgan fingerprint density at radius 1 is 1.30 bits per heavy atom. The predicted octanol–water partition coefficient (Wildman–Crippen LogP) is 3.06. The Morgan fingerprint density at radius 2 is 2.15 bits per heavy atom. The summed E-state index contributed by atoms with van der Waals surface area (Å²) in [7, 11) is 0. The van der Waals surface area contributed by atoms with Gasteiger partial charge in [-0.2, -0.15) is 0 Å². The minimum atomic E-state index is 0.527. The van der Waals surface area contributed by atoms with E-state index in [1.54, 1.807) is 0 Å². The minimum absolute atomic E-state index is 0.527. The van der Waals surface area contributed by atoms with E-state index in [1.165, 1.54) is 11.1 Å². The van der Waals surface area contributed by atoms with Gasteiger partial charge in [0.05, 0.1) is 5.52 Å². The van der Waals surface area contributed by atoms with Crippen molar-refractivity contribution in [3.05, 3.63) is 36.5 Å². The molecule has 2 atom stereocenters. The average molecular weight is 269 g/mol. The van der Waals surface area contributed by atoms with E-state index in [4.69, 9.17) is 0 Å². The number of nitrogens with zero attached hydrogens (tertiary/aromatic N) is 2. The second-order valence-corrected chi connectivity index (χ2v) is 6.14. The lowest BCUT2D eigenvalue weighted by atomic mass is 9.99. The molecule has 0 saturated carbocycles. The summed E-state index contributed by atoms with van der Waals surface area (Å²) < 4.78 is 0. The number of fused-ring (bicyclic) bond motifs is 1. The van der Waals surface area contributed by atoms with Crippen LogP contribution in [0.25, 0.3) is 10.9 Å². The molecule has 1 saturated heterocycles. The Bertz CT molecular complexity index is 594. The molecular formula is C17H23N3. The molecule has 1 aliphatic rings. The van der Waals surface area contributed by atoms with Crippen molar-refractivity contribution in [3.8, 4) is 0 Å². The van der Waals surface area contributed by atoms with Crippen molar-refractivity contribution in [1.82, 2.24) is 10.3 Å². The van der Waals surface area contributed by atoms with Gasteiger partial charge >= 0.3 is 0 Å². The highest BCUT2D eigenvalue weighted by Gasteiger charge is 2.26. The molecule has 3 rings (SSSR count). The molecule has 0 amide bonds. The summed E-state index contributed by atoms with van der Waals surface area (Å²) in [4.78, 5) is 6.92. The lowest BCUT2D eigenvalue weighted by molar-refractivity contribution is 0.337. The Hall–Kier alpha value is -1.61. The standard InChI is InChI=1S/C17H23N3/c1-12(2)17-11-20(13(3)10-19-17)15-6-7-16-14(9-15)5-4-8-18-16/h4-9,12-13,17,19H,10-11H2,1-3H3. The number of hydrogen-bond acceptors (Lipinski definition) is 3. The lowest BCUT2D eigenvalue weighted by Gasteiger charge is -2.42. The van der Waals surface area contributed by atoms with E-state index in [0.717, 1.165) is 18.6 Å². The molecule has 1 N–H and O–H groups in total. The molecule has 2 heterocycles. The zero-order valence-corrected chi connectivity index (χ0v) is 12.5. The molecule has 0 radical (unpaired) electrons. The molecule has 1 fully saturated rings. The van der Waals surface area contributed by atoms with Gasteiger partial charge < -0.3 is 10.2 Å². The molecule has 1 aromatic heterocycles. The molecule has 3 heteroatoms. The number of benzene rings is 1. The summed E-state index contributed by atoms with van der Waals surface area (Å²) in [6.07, 6.45) is 1.85. The van der Waals surface area contributed by atoms with Crippen LogP contribution in [0.4, 0.5) is 5.69 Å². The molecule has 20 heavy (non-hydrogen) atoms. The van der Waals surface area contributed by atoms with Gasteiger partial charge in [-0.05, 0) is 37.1 Å². The van der Waals surface area contributed by atoms with Crippen LogP contribution in [0.1, 0.15) is 20.8 Å². The van der Waals surface area contributed by atoms with Gasteiger partial charge in [-0.1, -0.05) is 19.9 Å². The van der Waals surface area contributed by atoms with Crippen molar-refractivity contribution in [2.75, 3.05) is 18.0 Å². The minimum Gasteiger partial charge on any atom is -0.366 e. The summed E-state index contributed by atoms with van der Waals surface area (Å²) in [5, 5.41) is 4.87. The first kappa shape index (κ1) is 13.4. The summed E-state index contributed by atoms with van der Waals surface area (Å²) in [6.45, 7) is 8.99. The van der Waals surface area contributed by atoms with Gasteiger partial charge in [0.15, 0.2) is 0 Å². The number of aromatic nitrogens is 1. The highest BCUT2D eigenvalue weighted by Crippen LogP contribution is 2.25. The third-order valence-electron chi connectivity index (χ3n) is 4.32. The molecule has 1 aliphatic heterocycles. The normalized spacial score (nSPS) is 23.5. The SMILES string of the molecule is CC(C)C1CN(c2ccc3ncccc3c2)C(C)CN1. The molecule has 106 valence electrons. The van der Waals surface area contributed by atoms with Crippen molar-refractivity contribution >= 4 is 16.6 Å². The van der Waals surface area contributed by atoms with Gasteiger partial charge in [-0.15, -0.1) is 0 Å². The number of hydrogen-bond donors (Lipinski definition) is 1. The highest BCUT2D eigenvalue weighted by molar-refractivity contribution is 5.82. The van der Waals surface area contributed by atoms with Crippen LogP contribution in [0.15, 0.2) is 36.5 Å². The van der Waals surface area contributed by atoms with Gasteiger partial charge in [-0.3, -0.25) is 4.98 Å². The maximum absolute atomic E-state index is 4.40. The maximum atomic E-state index is 4.40. The monoisotopic (exact) mass is 269 g/mol. The molecule has 0 aliphatic carbocycles. The summed E-state index contributed by atoms with van der Waals surface area (Å²) >= 11 is 0. The number of rotatable bonds is 2. The Labute approximate surface area is 121 Å². The van der Waals surface area contributed by atoms with E-state index in [1.807, 2.05) is 12.3 Å². The molecule has 2 aromatic rings. The van der Waals surface area contributed by atoms with E-state index in [9.17, 15) is 0 Å². The first-order valence-corrected chi connectivity index (χ1v) is 7.50. The summed E-state index contributed by atoms with van der Waals surface area (Å²) in [5.74, 6) is 0.659. The Balaban J connectivity index is 1.91. The van der Waals surface area contributed by atoms with Crippen molar-refractivity contribution in [1.29, 1.82) is 0 Å². The Kier molecular flexibility index (Phi) is 3.62. The van der Waals surface area contributed by atoms with Crippen LogP contribution >= 0.6 is 0 Å². The zero-order valence-electron chi connectivity index (χ0n) is 12.5. The lowest BCUT2D eigenvalue weighted by Crippen LogP contribution is -2.57. The average Bonchev–Trinajstić information content (AvgIpc) is 2.47. The fraction of sp³-hybridized carbons (Fsp3) is 0.471. The largest absolute Gasteiger partial charge is 0.366 e. The van der Waals surface area contributed by atoms with Gasteiger partial charge in [0.2, 0.25) is 0 Å². The van der Waals surface area contributed by atoms with Crippen molar-refractivity contribution in [2.24, 2.45) is 5.92 Å². The first-order chi connectivity index (χ1) is 9.65. The van der Waals surface area contributed by atoms with E-state index in [-0.39, 0.29) is 0 Å². The predicted molar refractivity (Wildman–Crippen MR) is 85.2 cm³/mol. The fourth-order valence-electron chi connectivity index (χ4n) is 2.94. The zero-order chi connectivity index (χ0) is 14.1. The number of anilines is 1. The van der Waals surface area contributed by atoms with E-state index in [2.05, 4.69) is 60.2 Å². The molecule has 0 bridgehead atoms. The molecule has 3 nitrogen and oxygen atoms in total. The molecule has 1 aromatic carbocycles.